The van der Waals surface area contributed by atoms with Gasteiger partial charge in [-0.1, -0.05) is 28.9 Å². The molecule has 0 unspecified atom stereocenters. The Balaban J connectivity index is 1.38. The summed E-state index contributed by atoms with van der Waals surface area (Å²) in [6.45, 7) is 5.82. The van der Waals surface area contributed by atoms with Crippen LogP contribution in [0.4, 0.5) is 0 Å². The molecule has 4 rings (SSSR count). The molecule has 140 valence electrons. The maximum atomic E-state index is 12.7. The monoisotopic (exact) mass is 402 g/mol. The summed E-state index contributed by atoms with van der Waals surface area (Å²) in [7, 11) is 0. The molecule has 1 saturated heterocycles. The lowest BCUT2D eigenvalue weighted by molar-refractivity contribution is 0.0621. The Morgan fingerprint density at radius 2 is 2.00 bits per heavy atom. The Labute approximate surface area is 166 Å². The molecule has 1 aliphatic heterocycles. The summed E-state index contributed by atoms with van der Waals surface area (Å²) in [4.78, 5) is 21.4. The highest BCUT2D eigenvalue weighted by atomic mass is 35.5. The third-order valence-corrected chi connectivity index (χ3v) is 5.67. The van der Waals surface area contributed by atoms with Crippen molar-refractivity contribution in [2.45, 2.75) is 13.5 Å². The van der Waals surface area contributed by atoms with Crippen molar-refractivity contribution < 1.29 is 4.79 Å². The first-order valence-corrected chi connectivity index (χ1v) is 9.96. The number of carbonyl (C=O) groups is 1. The molecule has 3 heterocycles. The Morgan fingerprint density at radius 3 is 2.70 bits per heavy atom. The van der Waals surface area contributed by atoms with Gasteiger partial charge < -0.3 is 4.90 Å². The number of piperazine rings is 1. The number of para-hydroxylation sites is 1. The van der Waals surface area contributed by atoms with E-state index in [1.807, 2.05) is 30.0 Å². The second kappa shape index (κ2) is 7.75. The zero-order valence-electron chi connectivity index (χ0n) is 14.9. The zero-order valence-corrected chi connectivity index (χ0v) is 16.4. The summed E-state index contributed by atoms with van der Waals surface area (Å²) in [5.41, 5.74) is 2.13. The highest BCUT2D eigenvalue weighted by Crippen LogP contribution is 2.19. The molecule has 1 fully saturated rings. The molecule has 0 spiro atoms. The van der Waals surface area contributed by atoms with Crippen molar-refractivity contribution in [2.24, 2.45) is 0 Å². The summed E-state index contributed by atoms with van der Waals surface area (Å²) in [5.74, 6) is -0.0996. The molecule has 0 radical (unpaired) electrons. The standard InChI is InChI=1S/C18H19ClN6OS/c1-13-20-14(12-27-13)10-23-6-8-24(9-7-23)18(26)16-11-25(22-21-16)17-5-3-2-4-15(17)19/h2-5,11-12H,6-10H2,1H3. The summed E-state index contributed by atoms with van der Waals surface area (Å²) < 4.78 is 1.54. The molecule has 27 heavy (non-hydrogen) atoms. The van der Waals surface area contributed by atoms with Crippen molar-refractivity contribution in [2.75, 3.05) is 26.2 Å². The van der Waals surface area contributed by atoms with Gasteiger partial charge in [-0.25, -0.2) is 9.67 Å². The van der Waals surface area contributed by atoms with Crippen LogP contribution in [0.15, 0.2) is 35.8 Å². The number of rotatable bonds is 4. The van der Waals surface area contributed by atoms with Crippen molar-refractivity contribution >= 4 is 28.8 Å². The number of aryl methyl sites for hydroxylation is 1. The largest absolute Gasteiger partial charge is 0.335 e. The average molecular weight is 403 g/mol. The average Bonchev–Trinajstić information content (AvgIpc) is 3.31. The van der Waals surface area contributed by atoms with Crippen molar-refractivity contribution in [1.82, 2.24) is 29.8 Å². The van der Waals surface area contributed by atoms with Gasteiger partial charge in [0, 0.05) is 38.1 Å². The van der Waals surface area contributed by atoms with Gasteiger partial charge in [0.1, 0.15) is 0 Å². The molecule has 0 N–H and O–H groups in total. The molecule has 0 bridgehead atoms. The Hall–Kier alpha value is -2.29. The van der Waals surface area contributed by atoms with Crippen molar-refractivity contribution in [3.63, 3.8) is 0 Å². The van der Waals surface area contributed by atoms with Crippen LogP contribution >= 0.6 is 22.9 Å². The van der Waals surface area contributed by atoms with E-state index in [0.717, 1.165) is 30.3 Å². The minimum atomic E-state index is -0.0996. The van der Waals surface area contributed by atoms with E-state index in [1.165, 1.54) is 4.68 Å². The van der Waals surface area contributed by atoms with Gasteiger partial charge in [-0.05, 0) is 19.1 Å². The molecule has 1 aliphatic rings. The van der Waals surface area contributed by atoms with Gasteiger partial charge in [-0.3, -0.25) is 9.69 Å². The van der Waals surface area contributed by atoms with Crippen LogP contribution in [0.25, 0.3) is 5.69 Å². The first-order valence-electron chi connectivity index (χ1n) is 8.70. The minimum Gasteiger partial charge on any atom is -0.335 e. The van der Waals surface area contributed by atoms with Gasteiger partial charge in [0.05, 0.1) is 27.6 Å². The summed E-state index contributed by atoms with van der Waals surface area (Å²) >= 11 is 7.85. The lowest BCUT2D eigenvalue weighted by atomic mass is 10.2. The molecule has 2 aromatic heterocycles. The van der Waals surface area contributed by atoms with Gasteiger partial charge >= 0.3 is 0 Å². The predicted molar refractivity (Wildman–Crippen MR) is 104 cm³/mol. The molecule has 0 atom stereocenters. The highest BCUT2D eigenvalue weighted by molar-refractivity contribution is 7.09. The van der Waals surface area contributed by atoms with Gasteiger partial charge in [0.15, 0.2) is 5.69 Å². The smallest absolute Gasteiger partial charge is 0.276 e. The first kappa shape index (κ1) is 18.1. The number of hydrogen-bond donors (Lipinski definition) is 0. The number of thiazole rings is 1. The fraction of sp³-hybridized carbons (Fsp3) is 0.333. The first-order chi connectivity index (χ1) is 13.1. The van der Waals surface area contributed by atoms with Gasteiger partial charge in [-0.2, -0.15) is 0 Å². The van der Waals surface area contributed by atoms with Crippen LogP contribution in [0.5, 0.6) is 0 Å². The maximum Gasteiger partial charge on any atom is 0.276 e. The normalized spacial score (nSPS) is 15.3. The summed E-state index contributed by atoms with van der Waals surface area (Å²) in [6, 6.07) is 7.34. The lowest BCUT2D eigenvalue weighted by Crippen LogP contribution is -2.48. The number of nitrogens with zero attached hydrogens (tertiary/aromatic N) is 6. The third-order valence-electron chi connectivity index (χ3n) is 4.52. The number of amides is 1. The molecule has 9 heteroatoms. The van der Waals surface area contributed by atoms with Crippen LogP contribution in [-0.2, 0) is 6.54 Å². The van der Waals surface area contributed by atoms with E-state index in [2.05, 4.69) is 25.6 Å². The van der Waals surface area contributed by atoms with E-state index >= 15 is 0 Å². The van der Waals surface area contributed by atoms with Crippen LogP contribution in [-0.4, -0.2) is 61.9 Å². The quantitative estimate of drug-likeness (QED) is 0.671. The van der Waals surface area contributed by atoms with Crippen molar-refractivity contribution in [3.05, 3.63) is 57.3 Å². The number of carbonyl (C=O) groups excluding carboxylic acids is 1. The lowest BCUT2D eigenvalue weighted by Gasteiger charge is -2.33. The topological polar surface area (TPSA) is 67.2 Å². The molecule has 1 aromatic carbocycles. The van der Waals surface area contributed by atoms with E-state index in [-0.39, 0.29) is 5.91 Å². The predicted octanol–water partition coefficient (Wildman–Crippen LogP) is 2.64. The molecular formula is C18H19ClN6OS. The number of aromatic nitrogens is 4. The maximum absolute atomic E-state index is 12.7. The minimum absolute atomic E-state index is 0.0996. The summed E-state index contributed by atoms with van der Waals surface area (Å²) in [5, 5.41) is 11.8. The second-order valence-corrected chi connectivity index (χ2v) is 7.90. The molecular weight excluding hydrogens is 384 g/mol. The fourth-order valence-corrected chi connectivity index (χ4v) is 3.92. The Morgan fingerprint density at radius 1 is 1.22 bits per heavy atom. The van der Waals surface area contributed by atoms with Crippen molar-refractivity contribution in [1.29, 1.82) is 0 Å². The van der Waals surface area contributed by atoms with E-state index in [1.54, 1.807) is 23.6 Å². The zero-order chi connectivity index (χ0) is 18.8. The highest BCUT2D eigenvalue weighted by Gasteiger charge is 2.24. The molecule has 3 aromatic rings. The number of hydrogen-bond acceptors (Lipinski definition) is 6. The fourth-order valence-electron chi connectivity index (χ4n) is 3.10. The summed E-state index contributed by atoms with van der Waals surface area (Å²) in [6.07, 6.45) is 1.63. The van der Waals surface area contributed by atoms with Gasteiger partial charge in [0.2, 0.25) is 0 Å². The second-order valence-electron chi connectivity index (χ2n) is 6.43. The van der Waals surface area contributed by atoms with Crippen LogP contribution in [0, 0.1) is 6.92 Å². The number of benzene rings is 1. The Kier molecular flexibility index (Phi) is 5.20. The number of halogens is 1. The molecule has 0 saturated carbocycles. The SMILES string of the molecule is Cc1nc(CN2CCN(C(=O)c3cn(-c4ccccc4Cl)nn3)CC2)cs1. The van der Waals surface area contributed by atoms with Crippen molar-refractivity contribution in [3.8, 4) is 5.69 Å². The molecule has 0 aliphatic carbocycles. The third kappa shape index (κ3) is 4.02. The van der Waals surface area contributed by atoms with Crippen LogP contribution in [0.3, 0.4) is 0 Å². The molecule has 7 nitrogen and oxygen atoms in total. The van der Waals surface area contributed by atoms with Crippen LogP contribution in [0.1, 0.15) is 21.2 Å². The molecule has 1 amide bonds. The van der Waals surface area contributed by atoms with E-state index < -0.39 is 0 Å². The van der Waals surface area contributed by atoms with E-state index in [0.29, 0.717) is 29.5 Å². The van der Waals surface area contributed by atoms with Crippen LogP contribution < -0.4 is 0 Å². The Bertz CT molecular complexity index is 947. The van der Waals surface area contributed by atoms with E-state index in [4.69, 9.17) is 11.6 Å². The van der Waals surface area contributed by atoms with Gasteiger partial charge in [-0.15, -0.1) is 16.4 Å². The van der Waals surface area contributed by atoms with Gasteiger partial charge in [0.25, 0.3) is 5.91 Å². The van der Waals surface area contributed by atoms with E-state index in [9.17, 15) is 4.79 Å². The van der Waals surface area contributed by atoms with Crippen LogP contribution in [0.2, 0.25) is 5.02 Å².